The summed E-state index contributed by atoms with van der Waals surface area (Å²) in [5.41, 5.74) is 0. The molecule has 0 fully saturated rings. The summed E-state index contributed by atoms with van der Waals surface area (Å²) in [5, 5.41) is 8.88. The lowest BCUT2D eigenvalue weighted by Crippen LogP contribution is -2.40. The summed E-state index contributed by atoms with van der Waals surface area (Å²) in [4.78, 5) is 23.8. The normalized spacial score (nSPS) is 12.3. The van der Waals surface area contributed by atoms with Crippen molar-refractivity contribution < 1.29 is 32.6 Å². The van der Waals surface area contributed by atoms with E-state index in [1.807, 2.05) is 0 Å². The number of carbonyl (C=O) groups excluding carboxylic acids is 1. The van der Waals surface area contributed by atoms with Crippen LogP contribution in [0.2, 0.25) is 0 Å². The Labute approximate surface area is 140 Å². The Hall–Kier alpha value is -2.29. The van der Waals surface area contributed by atoms with Crippen LogP contribution in [-0.4, -0.2) is 63.4 Å². The summed E-state index contributed by atoms with van der Waals surface area (Å²) in [5.74, 6) is -1.50. The molecule has 0 saturated carbocycles. The van der Waals surface area contributed by atoms with Crippen LogP contribution in [0.5, 0.6) is 11.5 Å². The highest BCUT2D eigenvalue weighted by atomic mass is 32.2. The monoisotopic (exact) mass is 359 g/mol. The average Bonchev–Trinajstić information content (AvgIpc) is 2.57. The van der Waals surface area contributed by atoms with Crippen LogP contribution in [-0.2, 0) is 19.4 Å². The first-order valence-electron chi connectivity index (χ1n) is 7.07. The minimum absolute atomic E-state index is 0.00175. The molecular weight excluding hydrogens is 338 g/mol. The van der Waals surface area contributed by atoms with Gasteiger partial charge in [0.1, 0.15) is 6.04 Å². The predicted octanol–water partition coefficient (Wildman–Crippen LogP) is 0.799. The maximum atomic E-state index is 12.3. The molecule has 1 aromatic carbocycles. The minimum Gasteiger partial charge on any atom is -0.493 e. The second-order valence-electron chi connectivity index (χ2n) is 5.10. The molecule has 1 rings (SSSR count). The fourth-order valence-electron chi connectivity index (χ4n) is 1.91. The molecule has 1 unspecified atom stereocenters. The third-order valence-electron chi connectivity index (χ3n) is 3.63. The van der Waals surface area contributed by atoms with E-state index in [1.165, 1.54) is 46.4 Å². The van der Waals surface area contributed by atoms with E-state index in [0.717, 1.165) is 4.90 Å². The van der Waals surface area contributed by atoms with Crippen LogP contribution in [0.1, 0.15) is 13.3 Å². The standard InChI is InChI=1S/C15H21NO7S/c1-10(15(18)19)16(2)14(17)7-8-24(20,21)11-5-6-12(22-3)13(9-11)23-4/h5-6,9-10H,7-8H2,1-4H3,(H,18,19). The Bertz CT molecular complexity index is 715. The van der Waals surface area contributed by atoms with Gasteiger partial charge < -0.3 is 19.5 Å². The lowest BCUT2D eigenvalue weighted by Gasteiger charge is -2.21. The third kappa shape index (κ3) is 4.60. The Morgan fingerprint density at radius 2 is 1.79 bits per heavy atom. The number of amides is 1. The second kappa shape index (κ2) is 8.00. The minimum atomic E-state index is -3.72. The zero-order valence-corrected chi connectivity index (χ0v) is 14.8. The highest BCUT2D eigenvalue weighted by Crippen LogP contribution is 2.29. The molecule has 24 heavy (non-hydrogen) atoms. The number of carboxylic acids is 1. The number of carboxylic acid groups (broad SMARTS) is 1. The molecule has 1 amide bonds. The van der Waals surface area contributed by atoms with Crippen molar-refractivity contribution in [2.24, 2.45) is 0 Å². The fraction of sp³-hybridized carbons (Fsp3) is 0.467. The van der Waals surface area contributed by atoms with Gasteiger partial charge in [-0.1, -0.05) is 0 Å². The first-order chi connectivity index (χ1) is 11.1. The predicted molar refractivity (Wildman–Crippen MR) is 86.1 cm³/mol. The zero-order valence-electron chi connectivity index (χ0n) is 14.0. The highest BCUT2D eigenvalue weighted by molar-refractivity contribution is 7.91. The van der Waals surface area contributed by atoms with Crippen molar-refractivity contribution in [3.63, 3.8) is 0 Å². The third-order valence-corrected chi connectivity index (χ3v) is 5.34. The van der Waals surface area contributed by atoms with Crippen molar-refractivity contribution in [2.75, 3.05) is 27.0 Å². The number of carbonyl (C=O) groups is 2. The van der Waals surface area contributed by atoms with Crippen LogP contribution >= 0.6 is 0 Å². The smallest absolute Gasteiger partial charge is 0.326 e. The summed E-state index contributed by atoms with van der Waals surface area (Å²) in [7, 11) is 0.424. The van der Waals surface area contributed by atoms with Crippen molar-refractivity contribution >= 4 is 21.7 Å². The van der Waals surface area contributed by atoms with Gasteiger partial charge in [-0.3, -0.25) is 4.79 Å². The average molecular weight is 359 g/mol. The van der Waals surface area contributed by atoms with Crippen LogP contribution in [0.4, 0.5) is 0 Å². The molecule has 1 N–H and O–H groups in total. The number of aliphatic carboxylic acids is 1. The van der Waals surface area contributed by atoms with Crippen LogP contribution < -0.4 is 9.47 Å². The van der Waals surface area contributed by atoms with E-state index in [1.54, 1.807) is 0 Å². The Morgan fingerprint density at radius 3 is 2.29 bits per heavy atom. The molecule has 0 bridgehead atoms. The molecule has 0 aliphatic heterocycles. The molecule has 1 aromatic rings. The van der Waals surface area contributed by atoms with Crippen LogP contribution in [0.3, 0.4) is 0 Å². The molecule has 0 aliphatic rings. The number of benzene rings is 1. The molecule has 0 aromatic heterocycles. The van der Waals surface area contributed by atoms with Gasteiger partial charge in [0.05, 0.1) is 24.9 Å². The van der Waals surface area contributed by atoms with E-state index in [-0.39, 0.29) is 17.1 Å². The number of hydrogen-bond donors (Lipinski definition) is 1. The SMILES string of the molecule is COc1ccc(S(=O)(=O)CCC(=O)N(C)C(C)C(=O)O)cc1OC. The van der Waals surface area contributed by atoms with E-state index in [4.69, 9.17) is 14.6 Å². The van der Waals surface area contributed by atoms with Gasteiger partial charge in [0.2, 0.25) is 5.91 Å². The van der Waals surface area contributed by atoms with Crippen molar-refractivity contribution in [3.05, 3.63) is 18.2 Å². The van der Waals surface area contributed by atoms with Crippen molar-refractivity contribution in [1.82, 2.24) is 4.90 Å². The molecular formula is C15H21NO7S. The molecule has 0 saturated heterocycles. The summed E-state index contributed by atoms with van der Waals surface area (Å²) in [6.07, 6.45) is -0.315. The van der Waals surface area contributed by atoms with Gasteiger partial charge in [0.15, 0.2) is 21.3 Å². The number of likely N-dealkylation sites (N-methyl/N-ethyl adjacent to an activating group) is 1. The summed E-state index contributed by atoms with van der Waals surface area (Å²) in [6, 6.07) is 3.13. The summed E-state index contributed by atoms with van der Waals surface area (Å²) in [6.45, 7) is 1.35. The molecule has 0 radical (unpaired) electrons. The highest BCUT2D eigenvalue weighted by Gasteiger charge is 2.24. The number of hydrogen-bond acceptors (Lipinski definition) is 6. The van der Waals surface area contributed by atoms with E-state index in [9.17, 15) is 18.0 Å². The van der Waals surface area contributed by atoms with Crippen LogP contribution in [0, 0.1) is 0 Å². The number of ether oxygens (including phenoxy) is 2. The maximum absolute atomic E-state index is 12.3. The van der Waals surface area contributed by atoms with Crippen molar-refractivity contribution in [2.45, 2.75) is 24.3 Å². The summed E-state index contributed by atoms with van der Waals surface area (Å²) < 4.78 is 34.8. The molecule has 0 spiro atoms. The van der Waals surface area contributed by atoms with E-state index < -0.39 is 33.5 Å². The maximum Gasteiger partial charge on any atom is 0.326 e. The van der Waals surface area contributed by atoms with E-state index in [0.29, 0.717) is 5.75 Å². The first kappa shape index (κ1) is 19.8. The lowest BCUT2D eigenvalue weighted by molar-refractivity contribution is -0.148. The van der Waals surface area contributed by atoms with Crippen LogP contribution in [0.25, 0.3) is 0 Å². The van der Waals surface area contributed by atoms with Gasteiger partial charge in [-0.25, -0.2) is 13.2 Å². The quantitative estimate of drug-likeness (QED) is 0.731. The molecule has 0 aliphatic carbocycles. The first-order valence-corrected chi connectivity index (χ1v) is 8.72. The number of rotatable bonds is 8. The zero-order chi connectivity index (χ0) is 18.5. The van der Waals surface area contributed by atoms with Gasteiger partial charge in [-0.2, -0.15) is 0 Å². The Balaban J connectivity index is 2.87. The second-order valence-corrected chi connectivity index (χ2v) is 7.21. The number of methoxy groups -OCH3 is 2. The van der Waals surface area contributed by atoms with Gasteiger partial charge >= 0.3 is 5.97 Å². The van der Waals surface area contributed by atoms with Gasteiger partial charge in [-0.15, -0.1) is 0 Å². The number of sulfone groups is 1. The van der Waals surface area contributed by atoms with Gasteiger partial charge in [-0.05, 0) is 19.1 Å². The molecule has 0 heterocycles. The Morgan fingerprint density at radius 1 is 1.21 bits per heavy atom. The van der Waals surface area contributed by atoms with Crippen molar-refractivity contribution in [3.8, 4) is 11.5 Å². The summed E-state index contributed by atoms with van der Waals surface area (Å²) >= 11 is 0. The van der Waals surface area contributed by atoms with Crippen molar-refractivity contribution in [1.29, 1.82) is 0 Å². The molecule has 134 valence electrons. The molecule has 9 heteroatoms. The molecule has 8 nitrogen and oxygen atoms in total. The fourth-order valence-corrected chi connectivity index (χ4v) is 3.15. The largest absolute Gasteiger partial charge is 0.493 e. The number of nitrogens with zero attached hydrogens (tertiary/aromatic N) is 1. The Kier molecular flexibility index (Phi) is 6.59. The van der Waals surface area contributed by atoms with Gasteiger partial charge in [0, 0.05) is 19.5 Å². The molecule has 1 atom stereocenters. The van der Waals surface area contributed by atoms with E-state index in [2.05, 4.69) is 0 Å². The lowest BCUT2D eigenvalue weighted by atomic mass is 10.3. The van der Waals surface area contributed by atoms with Crippen LogP contribution in [0.15, 0.2) is 23.1 Å². The van der Waals surface area contributed by atoms with E-state index >= 15 is 0 Å². The van der Waals surface area contributed by atoms with Gasteiger partial charge in [0.25, 0.3) is 0 Å². The topological polar surface area (TPSA) is 110 Å².